The maximum absolute atomic E-state index is 13.4. The van der Waals surface area contributed by atoms with Crippen LogP contribution >= 0.6 is 23.1 Å². The van der Waals surface area contributed by atoms with Crippen molar-refractivity contribution in [1.29, 1.82) is 0 Å². The molecule has 0 spiro atoms. The van der Waals surface area contributed by atoms with Gasteiger partial charge in [0.25, 0.3) is 10.0 Å². The van der Waals surface area contributed by atoms with Gasteiger partial charge in [-0.2, -0.15) is 4.37 Å². The molecule has 0 bridgehead atoms. The molecule has 1 heterocycles. The summed E-state index contributed by atoms with van der Waals surface area (Å²) in [7, 11) is -4.22. The largest absolute Gasteiger partial charge is 0.266 e. The number of rotatable bonds is 3. The summed E-state index contributed by atoms with van der Waals surface area (Å²) in [6.45, 7) is 0. The molecule has 0 saturated carbocycles. The van der Waals surface area contributed by atoms with Crippen molar-refractivity contribution in [3.8, 4) is 0 Å². The van der Waals surface area contributed by atoms with Gasteiger partial charge < -0.3 is 0 Å². The summed E-state index contributed by atoms with van der Waals surface area (Å²) < 4.78 is 55.5. The molecule has 0 aliphatic heterocycles. The van der Waals surface area contributed by atoms with Crippen LogP contribution in [0.5, 0.6) is 0 Å². The number of anilines is 1. The minimum atomic E-state index is -4.22. The highest BCUT2D eigenvalue weighted by Gasteiger charge is 2.22. The van der Waals surface area contributed by atoms with Gasteiger partial charge in [-0.25, -0.2) is 22.2 Å². The molecule has 1 aromatic carbocycles. The third-order valence-corrected chi connectivity index (χ3v) is 4.20. The monoisotopic (exact) mass is 311 g/mol. The number of nitrogens with zero attached hydrogens (tertiary/aromatic N) is 2. The van der Waals surface area contributed by atoms with Crippen LogP contribution in [0, 0.1) is 11.6 Å². The van der Waals surface area contributed by atoms with Crippen molar-refractivity contribution in [3.05, 3.63) is 35.1 Å². The van der Waals surface area contributed by atoms with E-state index in [9.17, 15) is 17.2 Å². The summed E-state index contributed by atoms with van der Waals surface area (Å²) in [5.74, 6) is -2.28. The van der Waals surface area contributed by atoms with Crippen LogP contribution in [-0.4, -0.2) is 17.8 Å². The highest BCUT2D eigenvalue weighted by Crippen LogP contribution is 2.24. The van der Waals surface area contributed by atoms with Crippen LogP contribution in [-0.2, 0) is 10.0 Å². The summed E-state index contributed by atoms with van der Waals surface area (Å²) in [5.41, 5.74) is 0. The number of hydrogen-bond donors (Lipinski definition) is 1. The molecule has 0 fully saturated rings. The average Bonchev–Trinajstić information content (AvgIpc) is 2.75. The number of aromatic nitrogens is 2. The second-order valence-corrected chi connectivity index (χ2v) is 5.89. The SMILES string of the molecule is O=S(=O)(Nc1ncns1)c1cc(Cl)c(F)cc1F. The van der Waals surface area contributed by atoms with Crippen LogP contribution in [0.15, 0.2) is 23.4 Å². The van der Waals surface area contributed by atoms with Crippen molar-refractivity contribution >= 4 is 38.3 Å². The fourth-order valence-corrected chi connectivity index (χ4v) is 3.07. The van der Waals surface area contributed by atoms with E-state index in [2.05, 4.69) is 9.36 Å². The molecule has 2 aromatic rings. The van der Waals surface area contributed by atoms with Crippen molar-refractivity contribution in [2.45, 2.75) is 4.90 Å². The topological polar surface area (TPSA) is 72.0 Å². The Balaban J connectivity index is 2.44. The molecule has 0 atom stereocenters. The van der Waals surface area contributed by atoms with Gasteiger partial charge in [-0.3, -0.25) is 4.72 Å². The van der Waals surface area contributed by atoms with E-state index >= 15 is 0 Å². The molecule has 0 saturated heterocycles. The molecular formula is C8H4ClF2N3O2S2. The van der Waals surface area contributed by atoms with Gasteiger partial charge in [-0.1, -0.05) is 11.6 Å². The highest BCUT2D eigenvalue weighted by molar-refractivity contribution is 7.93. The van der Waals surface area contributed by atoms with Gasteiger partial charge in [0.05, 0.1) is 5.02 Å². The predicted octanol–water partition coefficient (Wildman–Crippen LogP) is 2.27. The third-order valence-electron chi connectivity index (χ3n) is 1.85. The zero-order chi connectivity index (χ0) is 13.3. The van der Waals surface area contributed by atoms with Crippen LogP contribution in [0.4, 0.5) is 13.9 Å². The van der Waals surface area contributed by atoms with Crippen molar-refractivity contribution in [1.82, 2.24) is 9.36 Å². The summed E-state index contributed by atoms with van der Waals surface area (Å²) in [5, 5.41) is -0.524. The smallest absolute Gasteiger partial charge is 0.253 e. The minimum absolute atomic E-state index is 0.0325. The van der Waals surface area contributed by atoms with Crippen molar-refractivity contribution in [3.63, 3.8) is 0 Å². The maximum atomic E-state index is 13.4. The Morgan fingerprint density at radius 3 is 2.61 bits per heavy atom. The summed E-state index contributed by atoms with van der Waals surface area (Å²) >= 11 is 6.19. The average molecular weight is 312 g/mol. The number of halogens is 3. The lowest BCUT2D eigenvalue weighted by Crippen LogP contribution is -2.14. The van der Waals surface area contributed by atoms with Gasteiger partial charge in [-0.15, -0.1) is 0 Å². The number of nitrogens with one attached hydrogen (secondary N) is 1. The zero-order valence-electron chi connectivity index (χ0n) is 8.39. The number of hydrogen-bond acceptors (Lipinski definition) is 5. The molecule has 2 rings (SSSR count). The number of benzene rings is 1. The molecule has 5 nitrogen and oxygen atoms in total. The predicted molar refractivity (Wildman–Crippen MR) is 62.1 cm³/mol. The van der Waals surface area contributed by atoms with Gasteiger partial charge in [-0.05, 0) is 6.07 Å². The van der Waals surface area contributed by atoms with E-state index in [0.717, 1.165) is 17.9 Å². The summed E-state index contributed by atoms with van der Waals surface area (Å²) in [6, 6.07) is 1.09. The van der Waals surface area contributed by atoms with E-state index in [0.29, 0.717) is 12.1 Å². The Bertz CT molecular complexity index is 676. The van der Waals surface area contributed by atoms with Crippen LogP contribution < -0.4 is 4.72 Å². The van der Waals surface area contributed by atoms with Crippen LogP contribution in [0.1, 0.15) is 0 Å². The quantitative estimate of drug-likeness (QED) is 0.883. The van der Waals surface area contributed by atoms with Crippen molar-refractivity contribution in [2.75, 3.05) is 4.72 Å². The fraction of sp³-hybridized carbons (Fsp3) is 0. The lowest BCUT2D eigenvalue weighted by molar-refractivity contribution is 0.551. The molecule has 18 heavy (non-hydrogen) atoms. The minimum Gasteiger partial charge on any atom is -0.253 e. The second kappa shape index (κ2) is 4.75. The first-order chi connectivity index (χ1) is 8.40. The van der Waals surface area contributed by atoms with Gasteiger partial charge in [0.1, 0.15) is 22.9 Å². The summed E-state index contributed by atoms with van der Waals surface area (Å²) in [6.07, 6.45) is 1.14. The van der Waals surface area contributed by atoms with E-state index in [4.69, 9.17) is 11.6 Å². The maximum Gasteiger partial charge on any atom is 0.266 e. The van der Waals surface area contributed by atoms with E-state index in [1.165, 1.54) is 0 Å². The molecule has 0 amide bonds. The molecule has 0 aliphatic carbocycles. The first kappa shape index (κ1) is 13.1. The lowest BCUT2D eigenvalue weighted by Gasteiger charge is -2.06. The van der Waals surface area contributed by atoms with E-state index in [1.807, 2.05) is 4.72 Å². The molecule has 96 valence electrons. The normalized spacial score (nSPS) is 11.5. The van der Waals surface area contributed by atoms with Gasteiger partial charge >= 0.3 is 0 Å². The standard InChI is InChI=1S/C8H4ClF2N3O2S2/c9-4-1-7(6(11)2-5(4)10)18(15,16)14-8-12-3-13-17-8/h1-3H,(H,12,13,14). The van der Waals surface area contributed by atoms with Crippen LogP contribution in [0.2, 0.25) is 5.02 Å². The van der Waals surface area contributed by atoms with E-state index in [1.54, 1.807) is 0 Å². The van der Waals surface area contributed by atoms with E-state index < -0.39 is 31.6 Å². The van der Waals surface area contributed by atoms with Gasteiger partial charge in [0, 0.05) is 17.6 Å². The van der Waals surface area contributed by atoms with Gasteiger partial charge in [0.2, 0.25) is 5.13 Å². The fourth-order valence-electron chi connectivity index (χ4n) is 1.10. The molecule has 1 N–H and O–H groups in total. The highest BCUT2D eigenvalue weighted by atomic mass is 35.5. The second-order valence-electron chi connectivity index (χ2n) is 3.05. The van der Waals surface area contributed by atoms with Gasteiger partial charge in [0.15, 0.2) is 0 Å². The first-order valence-corrected chi connectivity index (χ1v) is 6.97. The molecule has 0 aliphatic rings. The molecular weight excluding hydrogens is 308 g/mol. The van der Waals surface area contributed by atoms with Crippen molar-refractivity contribution < 1.29 is 17.2 Å². The number of sulfonamides is 1. The zero-order valence-corrected chi connectivity index (χ0v) is 10.8. The van der Waals surface area contributed by atoms with Crippen LogP contribution in [0.25, 0.3) is 0 Å². The lowest BCUT2D eigenvalue weighted by atomic mass is 10.3. The molecule has 0 unspecified atom stereocenters. The Hall–Kier alpha value is -1.32. The Morgan fingerprint density at radius 1 is 1.28 bits per heavy atom. The molecule has 0 radical (unpaired) electrons. The van der Waals surface area contributed by atoms with E-state index in [-0.39, 0.29) is 5.13 Å². The molecule has 10 heteroatoms. The molecule has 1 aromatic heterocycles. The van der Waals surface area contributed by atoms with Crippen molar-refractivity contribution in [2.24, 2.45) is 0 Å². The summed E-state index contributed by atoms with van der Waals surface area (Å²) in [4.78, 5) is 2.82. The Labute approximate surface area is 110 Å². The Morgan fingerprint density at radius 2 is 2.00 bits per heavy atom. The first-order valence-electron chi connectivity index (χ1n) is 4.34. The third kappa shape index (κ3) is 2.57. The Kier molecular flexibility index (Phi) is 3.46. The van der Waals surface area contributed by atoms with Crippen LogP contribution in [0.3, 0.4) is 0 Å².